The number of nitrogens with zero attached hydrogens (tertiary/aromatic N) is 2. The summed E-state index contributed by atoms with van der Waals surface area (Å²) < 4.78 is 0. The van der Waals surface area contributed by atoms with Crippen molar-refractivity contribution in [2.24, 2.45) is 11.8 Å². The Morgan fingerprint density at radius 1 is 1.22 bits per heavy atom. The highest BCUT2D eigenvalue weighted by Crippen LogP contribution is 2.39. The monoisotopic (exact) mass is 335 g/mol. The van der Waals surface area contributed by atoms with Crippen LogP contribution >= 0.6 is 11.6 Å². The fraction of sp³-hybridized carbons (Fsp3) is 0.529. The highest BCUT2D eigenvalue weighted by atomic mass is 35.5. The van der Waals surface area contributed by atoms with Gasteiger partial charge < -0.3 is 10.2 Å². The maximum atomic E-state index is 12.2. The molecule has 0 aromatic heterocycles. The number of halogens is 1. The van der Waals surface area contributed by atoms with E-state index in [-0.39, 0.29) is 17.7 Å². The lowest BCUT2D eigenvalue weighted by Gasteiger charge is -2.34. The fourth-order valence-electron chi connectivity index (χ4n) is 2.98. The smallest absolute Gasteiger partial charge is 0.238 e. The van der Waals surface area contributed by atoms with Gasteiger partial charge in [-0.25, -0.2) is 0 Å². The molecule has 1 aromatic rings. The highest BCUT2D eigenvalue weighted by molar-refractivity contribution is 6.33. The minimum absolute atomic E-state index is 0.0753. The largest absolute Gasteiger partial charge is 0.340 e. The van der Waals surface area contributed by atoms with Gasteiger partial charge in [0, 0.05) is 32.1 Å². The number of rotatable bonds is 4. The van der Waals surface area contributed by atoms with Gasteiger partial charge in [0.05, 0.1) is 17.3 Å². The first-order valence-electron chi connectivity index (χ1n) is 8.10. The minimum Gasteiger partial charge on any atom is -0.340 e. The van der Waals surface area contributed by atoms with Crippen molar-refractivity contribution < 1.29 is 9.59 Å². The van der Waals surface area contributed by atoms with Gasteiger partial charge in [-0.3, -0.25) is 14.5 Å². The van der Waals surface area contributed by atoms with E-state index in [9.17, 15) is 9.59 Å². The molecule has 1 saturated heterocycles. The molecule has 1 N–H and O–H groups in total. The summed E-state index contributed by atoms with van der Waals surface area (Å²) in [4.78, 5) is 28.3. The quantitative estimate of drug-likeness (QED) is 0.916. The molecule has 0 unspecified atom stereocenters. The van der Waals surface area contributed by atoms with Crippen LogP contribution in [-0.4, -0.2) is 54.3 Å². The van der Waals surface area contributed by atoms with Gasteiger partial charge >= 0.3 is 0 Å². The Hall–Kier alpha value is -1.59. The third kappa shape index (κ3) is 4.03. The van der Waals surface area contributed by atoms with Crippen molar-refractivity contribution >= 4 is 29.1 Å². The number of amides is 2. The van der Waals surface area contributed by atoms with Gasteiger partial charge in [-0.1, -0.05) is 30.7 Å². The SMILES string of the molecule is C[C@H]1C[C@@H]1C(=O)N1CCN(CC(=O)Nc2ccccc2Cl)CC1. The summed E-state index contributed by atoms with van der Waals surface area (Å²) in [7, 11) is 0. The number of benzene rings is 1. The average Bonchev–Trinajstić information content (AvgIpc) is 3.26. The van der Waals surface area contributed by atoms with Crippen LogP contribution in [0.25, 0.3) is 0 Å². The van der Waals surface area contributed by atoms with Crippen LogP contribution in [0.4, 0.5) is 5.69 Å². The molecule has 2 atom stereocenters. The zero-order valence-corrected chi connectivity index (χ0v) is 14.1. The molecular formula is C17H22ClN3O2. The molecule has 2 fully saturated rings. The molecule has 0 bridgehead atoms. The molecule has 124 valence electrons. The first-order chi connectivity index (χ1) is 11.0. The lowest BCUT2D eigenvalue weighted by molar-refractivity contribution is -0.134. The zero-order valence-electron chi connectivity index (χ0n) is 13.3. The van der Waals surface area contributed by atoms with Crippen molar-refractivity contribution in [2.75, 3.05) is 38.0 Å². The zero-order chi connectivity index (χ0) is 16.4. The Labute approximate surface area is 141 Å². The second-order valence-electron chi connectivity index (χ2n) is 6.45. The molecular weight excluding hydrogens is 314 g/mol. The van der Waals surface area contributed by atoms with Gasteiger partial charge in [0.1, 0.15) is 0 Å². The van der Waals surface area contributed by atoms with E-state index in [0.717, 1.165) is 19.5 Å². The standard InChI is InChI=1S/C17H22ClN3O2/c1-12-10-13(12)17(23)21-8-6-20(7-9-21)11-16(22)19-15-5-3-2-4-14(15)18/h2-5,12-13H,6-11H2,1H3,(H,19,22)/t12-,13-/m0/s1. The average molecular weight is 336 g/mol. The topological polar surface area (TPSA) is 52.7 Å². The number of piperazine rings is 1. The van der Waals surface area contributed by atoms with Gasteiger partial charge in [-0.2, -0.15) is 0 Å². The Morgan fingerprint density at radius 2 is 1.87 bits per heavy atom. The molecule has 1 heterocycles. The number of hydrogen-bond acceptors (Lipinski definition) is 3. The van der Waals surface area contributed by atoms with E-state index in [1.54, 1.807) is 12.1 Å². The van der Waals surface area contributed by atoms with Gasteiger partial charge in [-0.05, 0) is 24.5 Å². The van der Waals surface area contributed by atoms with Gasteiger partial charge in [0.15, 0.2) is 0 Å². The molecule has 2 aliphatic rings. The molecule has 1 aliphatic heterocycles. The van der Waals surface area contributed by atoms with E-state index >= 15 is 0 Å². The number of carbonyl (C=O) groups is 2. The van der Waals surface area contributed by atoms with E-state index in [4.69, 9.17) is 11.6 Å². The molecule has 1 saturated carbocycles. The summed E-state index contributed by atoms with van der Waals surface area (Å²) in [5.41, 5.74) is 0.635. The van der Waals surface area contributed by atoms with Gasteiger partial charge in [0.25, 0.3) is 0 Å². The Morgan fingerprint density at radius 3 is 2.48 bits per heavy atom. The summed E-state index contributed by atoms with van der Waals surface area (Å²) in [6.07, 6.45) is 1.03. The predicted molar refractivity (Wildman–Crippen MR) is 90.4 cm³/mol. The summed E-state index contributed by atoms with van der Waals surface area (Å²) in [5.74, 6) is 0.998. The number of carbonyl (C=O) groups excluding carboxylic acids is 2. The lowest BCUT2D eigenvalue weighted by Crippen LogP contribution is -2.51. The van der Waals surface area contributed by atoms with Crippen molar-refractivity contribution in [3.05, 3.63) is 29.3 Å². The van der Waals surface area contributed by atoms with Crippen molar-refractivity contribution in [3.63, 3.8) is 0 Å². The minimum atomic E-state index is -0.0753. The van der Waals surface area contributed by atoms with E-state index in [1.807, 2.05) is 17.0 Å². The first kappa shape index (κ1) is 16.3. The second-order valence-corrected chi connectivity index (χ2v) is 6.86. The third-order valence-electron chi connectivity index (χ3n) is 4.63. The molecule has 1 aromatic carbocycles. The molecule has 5 nitrogen and oxygen atoms in total. The van der Waals surface area contributed by atoms with E-state index in [1.165, 1.54) is 0 Å². The molecule has 2 amide bonds. The van der Waals surface area contributed by atoms with Crippen LogP contribution < -0.4 is 5.32 Å². The molecule has 0 spiro atoms. The number of anilines is 1. The number of para-hydroxylation sites is 1. The van der Waals surface area contributed by atoms with Crippen LogP contribution in [0.15, 0.2) is 24.3 Å². The van der Waals surface area contributed by atoms with Crippen LogP contribution in [0.2, 0.25) is 5.02 Å². The number of nitrogens with one attached hydrogen (secondary N) is 1. The van der Waals surface area contributed by atoms with Crippen molar-refractivity contribution in [1.29, 1.82) is 0 Å². The normalized spacial score (nSPS) is 24.3. The van der Waals surface area contributed by atoms with Crippen LogP contribution in [0.5, 0.6) is 0 Å². The van der Waals surface area contributed by atoms with Crippen LogP contribution in [0.3, 0.4) is 0 Å². The van der Waals surface area contributed by atoms with Crippen LogP contribution in [-0.2, 0) is 9.59 Å². The maximum Gasteiger partial charge on any atom is 0.238 e. The summed E-state index contributed by atoms with van der Waals surface area (Å²) in [5, 5.41) is 3.37. The third-order valence-corrected chi connectivity index (χ3v) is 4.96. The second kappa shape index (κ2) is 6.89. The summed E-state index contributed by atoms with van der Waals surface area (Å²) >= 11 is 6.04. The van der Waals surface area contributed by atoms with E-state index in [2.05, 4.69) is 17.1 Å². The van der Waals surface area contributed by atoms with Gasteiger partial charge in [0.2, 0.25) is 11.8 Å². The molecule has 3 rings (SSSR count). The predicted octanol–water partition coefficient (Wildman–Crippen LogP) is 2.08. The highest BCUT2D eigenvalue weighted by Gasteiger charge is 2.41. The molecule has 6 heteroatoms. The van der Waals surface area contributed by atoms with Crippen LogP contribution in [0.1, 0.15) is 13.3 Å². The van der Waals surface area contributed by atoms with Gasteiger partial charge in [-0.15, -0.1) is 0 Å². The Kier molecular flexibility index (Phi) is 4.87. The van der Waals surface area contributed by atoms with E-state index < -0.39 is 0 Å². The Bertz CT molecular complexity index is 599. The molecule has 0 radical (unpaired) electrons. The molecule has 23 heavy (non-hydrogen) atoms. The van der Waals surface area contributed by atoms with Crippen molar-refractivity contribution in [1.82, 2.24) is 9.80 Å². The van der Waals surface area contributed by atoms with Crippen molar-refractivity contribution in [3.8, 4) is 0 Å². The summed E-state index contributed by atoms with van der Waals surface area (Å²) in [6.45, 7) is 5.35. The Balaban J connectivity index is 1.44. The van der Waals surface area contributed by atoms with E-state index in [0.29, 0.717) is 36.3 Å². The first-order valence-corrected chi connectivity index (χ1v) is 8.48. The fourth-order valence-corrected chi connectivity index (χ4v) is 3.17. The maximum absolute atomic E-state index is 12.2. The van der Waals surface area contributed by atoms with Crippen LogP contribution in [0, 0.1) is 11.8 Å². The molecule has 1 aliphatic carbocycles. The number of hydrogen-bond donors (Lipinski definition) is 1. The van der Waals surface area contributed by atoms with Crippen molar-refractivity contribution in [2.45, 2.75) is 13.3 Å². The lowest BCUT2D eigenvalue weighted by atomic mass is 10.2. The summed E-state index contributed by atoms with van der Waals surface area (Å²) in [6, 6.07) is 7.20.